The van der Waals surface area contributed by atoms with E-state index in [1.54, 1.807) is 0 Å². The fourth-order valence-corrected chi connectivity index (χ4v) is 10.1. The molecule has 0 radical (unpaired) electrons. The van der Waals surface area contributed by atoms with E-state index < -0.39 is 0 Å². The highest BCUT2D eigenvalue weighted by molar-refractivity contribution is 7.60. The molecule has 0 N–H and O–H groups in total. The first-order chi connectivity index (χ1) is 17.8. The number of benzene rings is 4. The molecular weight excluding hydrogens is 474 g/mol. The summed E-state index contributed by atoms with van der Waals surface area (Å²) in [6.07, 6.45) is 9.60. The fourth-order valence-electron chi connectivity index (χ4n) is 4.90. The van der Waals surface area contributed by atoms with E-state index in [4.69, 9.17) is 0 Å². The van der Waals surface area contributed by atoms with Gasteiger partial charge in [0.05, 0.1) is 0 Å². The molecule has 0 saturated carbocycles. The van der Waals surface area contributed by atoms with Crippen LogP contribution in [0.15, 0.2) is 121 Å². The van der Waals surface area contributed by atoms with Gasteiger partial charge in [-0.05, 0) is 60.6 Å². The Morgan fingerprint density at radius 1 is 0.417 bits per heavy atom. The quantitative estimate of drug-likeness (QED) is 0.220. The number of aryl methyl sites for hydroxylation is 2. The van der Waals surface area contributed by atoms with Gasteiger partial charge in [0.25, 0.3) is 0 Å². The van der Waals surface area contributed by atoms with Gasteiger partial charge in [0, 0.05) is 36.5 Å². The molecule has 0 amide bonds. The van der Waals surface area contributed by atoms with Crippen LogP contribution in [0.4, 0.5) is 11.4 Å². The zero-order valence-corrected chi connectivity index (χ0v) is 22.8. The van der Waals surface area contributed by atoms with Crippen LogP contribution in [-0.4, -0.2) is 37.5 Å². The van der Waals surface area contributed by atoms with Gasteiger partial charge in [-0.2, -0.15) is 0 Å². The van der Waals surface area contributed by atoms with Crippen LogP contribution in [0.1, 0.15) is 11.1 Å². The van der Waals surface area contributed by atoms with Crippen molar-refractivity contribution >= 4 is 27.2 Å². The van der Waals surface area contributed by atoms with Gasteiger partial charge >= 0.3 is 0 Å². The van der Waals surface area contributed by atoms with E-state index in [0.717, 1.165) is 0 Å². The highest BCUT2D eigenvalue weighted by Crippen LogP contribution is 2.49. The Morgan fingerprint density at radius 2 is 0.722 bits per heavy atom. The van der Waals surface area contributed by atoms with Crippen LogP contribution in [0.5, 0.6) is 0 Å². The number of nitrogens with zero attached hydrogens (tertiary/aromatic N) is 2. The van der Waals surface area contributed by atoms with Crippen LogP contribution in [0, 0.1) is 0 Å². The van der Waals surface area contributed by atoms with Crippen LogP contribution >= 0.6 is 15.8 Å². The first kappa shape index (κ1) is 25.0. The molecule has 1 heterocycles. The molecule has 5 rings (SSSR count). The lowest BCUT2D eigenvalue weighted by atomic mass is 10.2. The normalized spacial score (nSPS) is 18.4. The predicted octanol–water partition coefficient (Wildman–Crippen LogP) is 8.29. The summed E-state index contributed by atoms with van der Waals surface area (Å²) >= 11 is 0. The summed E-state index contributed by atoms with van der Waals surface area (Å²) in [6.45, 7) is 0. The van der Waals surface area contributed by atoms with Gasteiger partial charge in [0.2, 0.25) is 0 Å². The van der Waals surface area contributed by atoms with E-state index in [1.165, 1.54) is 72.8 Å². The fraction of sp³-hybridized carbons (Fsp3) is 0.250. The standard InChI is InChI=1S/C32H36N2P2/c1-5-13-29(14-6-1)21-23-35-25-33(31-17-9-3-10-18-31)27-36(24-22-30-15-7-2-8-16-30)28-34(26-35)32-19-11-4-12-20-32/h1-20H,21-28H2. The first-order valence-electron chi connectivity index (χ1n) is 13.0. The second-order valence-electron chi connectivity index (χ2n) is 9.58. The van der Waals surface area contributed by atoms with Crippen molar-refractivity contribution in [2.75, 3.05) is 47.3 Å². The largest absolute Gasteiger partial charge is 0.363 e. The lowest BCUT2D eigenvalue weighted by Crippen LogP contribution is -2.35. The number of anilines is 2. The Balaban J connectivity index is 1.38. The first-order valence-corrected chi connectivity index (χ1v) is 16.8. The smallest absolute Gasteiger partial charge is 0.0397 e. The SMILES string of the molecule is c1ccc(CCP2CN(c3ccccc3)CP(CCc3ccccc3)CN(c3ccccc3)C2)cc1. The van der Waals surface area contributed by atoms with Crippen molar-refractivity contribution in [2.45, 2.75) is 12.8 Å². The monoisotopic (exact) mass is 510 g/mol. The van der Waals surface area contributed by atoms with Gasteiger partial charge in [-0.1, -0.05) is 113 Å². The average Bonchev–Trinajstić information content (AvgIpc) is 2.94. The second kappa shape index (κ2) is 13.0. The molecule has 1 aliphatic heterocycles. The van der Waals surface area contributed by atoms with Crippen LogP contribution in [0.25, 0.3) is 0 Å². The summed E-state index contributed by atoms with van der Waals surface area (Å²) in [4.78, 5) is 5.46. The average molecular weight is 511 g/mol. The third-order valence-electron chi connectivity index (χ3n) is 6.84. The Hall–Kier alpha value is -2.66. The maximum atomic E-state index is 2.73. The lowest BCUT2D eigenvalue weighted by Gasteiger charge is -2.41. The van der Waals surface area contributed by atoms with Gasteiger partial charge < -0.3 is 9.80 Å². The van der Waals surface area contributed by atoms with E-state index in [0.29, 0.717) is 0 Å². The maximum Gasteiger partial charge on any atom is 0.0397 e. The van der Waals surface area contributed by atoms with Crippen molar-refractivity contribution in [1.29, 1.82) is 0 Å². The zero-order valence-electron chi connectivity index (χ0n) is 21.0. The molecule has 4 aromatic carbocycles. The number of hydrogen-bond acceptors (Lipinski definition) is 2. The minimum absolute atomic E-state index is 0.175. The second-order valence-corrected chi connectivity index (χ2v) is 14.3. The van der Waals surface area contributed by atoms with Crippen LogP contribution in [-0.2, 0) is 12.8 Å². The molecule has 0 spiro atoms. The Bertz CT molecular complexity index is 1050. The minimum Gasteiger partial charge on any atom is -0.363 e. The highest BCUT2D eigenvalue weighted by atomic mass is 31.1. The number of rotatable bonds is 8. The molecule has 1 aliphatic rings. The molecule has 1 saturated heterocycles. The van der Waals surface area contributed by atoms with E-state index >= 15 is 0 Å². The molecule has 4 aromatic rings. The van der Waals surface area contributed by atoms with E-state index in [9.17, 15) is 0 Å². The van der Waals surface area contributed by atoms with E-state index in [-0.39, 0.29) is 15.8 Å². The van der Waals surface area contributed by atoms with Crippen LogP contribution in [0.3, 0.4) is 0 Å². The van der Waals surface area contributed by atoms with Crippen LogP contribution in [0.2, 0.25) is 0 Å². The predicted molar refractivity (Wildman–Crippen MR) is 161 cm³/mol. The van der Waals surface area contributed by atoms with Crippen molar-refractivity contribution < 1.29 is 0 Å². The Kier molecular flexibility index (Phi) is 9.06. The molecular formula is C32H36N2P2. The van der Waals surface area contributed by atoms with Crippen molar-refractivity contribution in [3.8, 4) is 0 Å². The molecule has 1 fully saturated rings. The molecule has 4 heteroatoms. The molecule has 0 aromatic heterocycles. The highest BCUT2D eigenvalue weighted by Gasteiger charge is 2.26. The lowest BCUT2D eigenvalue weighted by molar-refractivity contribution is 0.957. The van der Waals surface area contributed by atoms with Gasteiger partial charge in [-0.3, -0.25) is 0 Å². The summed E-state index contributed by atoms with van der Waals surface area (Å²) in [5.74, 6) is 0. The summed E-state index contributed by atoms with van der Waals surface area (Å²) in [5, 5.41) is 0. The zero-order chi connectivity index (χ0) is 24.4. The third kappa shape index (κ3) is 7.19. The molecule has 36 heavy (non-hydrogen) atoms. The third-order valence-corrected chi connectivity index (χ3v) is 11.5. The van der Waals surface area contributed by atoms with Gasteiger partial charge in [-0.15, -0.1) is 0 Å². The van der Waals surface area contributed by atoms with Crippen LogP contribution < -0.4 is 9.80 Å². The molecule has 0 bridgehead atoms. The van der Waals surface area contributed by atoms with E-state index in [2.05, 4.69) is 131 Å². The van der Waals surface area contributed by atoms with Gasteiger partial charge in [0.1, 0.15) is 0 Å². The van der Waals surface area contributed by atoms with E-state index in [1.807, 2.05) is 0 Å². The Labute approximate surface area is 219 Å². The summed E-state index contributed by atoms with van der Waals surface area (Å²) in [7, 11) is -0.350. The van der Waals surface area contributed by atoms with Gasteiger partial charge in [-0.25, -0.2) is 0 Å². The minimum atomic E-state index is -0.175. The van der Waals surface area contributed by atoms with Crippen molar-refractivity contribution in [3.63, 3.8) is 0 Å². The van der Waals surface area contributed by atoms with Crippen molar-refractivity contribution in [1.82, 2.24) is 0 Å². The molecule has 184 valence electrons. The summed E-state index contributed by atoms with van der Waals surface area (Å²) in [6, 6.07) is 44.4. The molecule has 2 nitrogen and oxygen atoms in total. The molecule has 0 aliphatic carbocycles. The van der Waals surface area contributed by atoms with Crippen molar-refractivity contribution in [3.05, 3.63) is 132 Å². The summed E-state index contributed by atoms with van der Waals surface area (Å²) in [5.41, 5.74) is 5.71. The topological polar surface area (TPSA) is 6.48 Å². The molecule has 0 atom stereocenters. The number of para-hydroxylation sites is 2. The summed E-state index contributed by atoms with van der Waals surface area (Å²) < 4.78 is 0. The molecule has 0 unspecified atom stereocenters. The maximum absolute atomic E-state index is 2.73. The Morgan fingerprint density at radius 3 is 1.06 bits per heavy atom. The number of hydrogen-bond donors (Lipinski definition) is 0. The van der Waals surface area contributed by atoms with Gasteiger partial charge in [0.15, 0.2) is 0 Å². The van der Waals surface area contributed by atoms with Crippen molar-refractivity contribution in [2.24, 2.45) is 0 Å².